The van der Waals surface area contributed by atoms with E-state index in [0.717, 1.165) is 25.3 Å². The van der Waals surface area contributed by atoms with Crippen molar-refractivity contribution in [1.82, 2.24) is 5.32 Å². The van der Waals surface area contributed by atoms with Gasteiger partial charge in [-0.05, 0) is 44.5 Å². The van der Waals surface area contributed by atoms with Crippen molar-refractivity contribution in [2.24, 2.45) is 5.41 Å². The van der Waals surface area contributed by atoms with Crippen LogP contribution in [-0.2, 0) is 16.1 Å². The summed E-state index contributed by atoms with van der Waals surface area (Å²) in [5.74, 6) is 0.510. The second-order valence-electron chi connectivity index (χ2n) is 5.49. The highest BCUT2D eigenvalue weighted by Crippen LogP contribution is 2.21. The molecular weight excluding hydrogens is 254 g/mol. The van der Waals surface area contributed by atoms with E-state index in [1.165, 1.54) is 12.7 Å². The first-order valence-corrected chi connectivity index (χ1v) is 7.00. The standard InChI is InChI=1S/C16H25NO3/c1-5-9-17-11-13-7-6-8-14(10-13)20-12-16(2,3)15(18)19-4/h6-8,10,17H,5,9,11-12H2,1-4H3. The van der Waals surface area contributed by atoms with Gasteiger partial charge in [-0.1, -0.05) is 19.1 Å². The van der Waals surface area contributed by atoms with Gasteiger partial charge in [-0.2, -0.15) is 0 Å². The highest BCUT2D eigenvalue weighted by Gasteiger charge is 2.29. The van der Waals surface area contributed by atoms with Gasteiger partial charge in [0, 0.05) is 6.54 Å². The molecule has 0 spiro atoms. The van der Waals surface area contributed by atoms with Crippen LogP contribution in [0, 0.1) is 5.41 Å². The van der Waals surface area contributed by atoms with Crippen LogP contribution in [0.3, 0.4) is 0 Å². The molecule has 0 bridgehead atoms. The maximum absolute atomic E-state index is 11.6. The molecular formula is C16H25NO3. The first-order valence-electron chi connectivity index (χ1n) is 7.00. The summed E-state index contributed by atoms with van der Waals surface area (Å²) < 4.78 is 10.5. The molecule has 1 rings (SSSR count). The summed E-state index contributed by atoms with van der Waals surface area (Å²) in [4.78, 5) is 11.6. The summed E-state index contributed by atoms with van der Waals surface area (Å²) in [5, 5.41) is 3.35. The van der Waals surface area contributed by atoms with Crippen LogP contribution >= 0.6 is 0 Å². The average molecular weight is 279 g/mol. The predicted octanol–water partition coefficient (Wildman–Crippen LogP) is 2.76. The molecule has 0 saturated carbocycles. The van der Waals surface area contributed by atoms with E-state index in [4.69, 9.17) is 9.47 Å². The topological polar surface area (TPSA) is 47.6 Å². The minimum absolute atomic E-state index is 0.265. The van der Waals surface area contributed by atoms with Crippen molar-refractivity contribution in [2.45, 2.75) is 33.7 Å². The number of carbonyl (C=O) groups excluding carboxylic acids is 1. The summed E-state index contributed by atoms with van der Waals surface area (Å²) in [7, 11) is 1.39. The predicted molar refractivity (Wildman–Crippen MR) is 79.7 cm³/mol. The van der Waals surface area contributed by atoms with Gasteiger partial charge in [-0.3, -0.25) is 4.79 Å². The van der Waals surface area contributed by atoms with Crippen LogP contribution in [-0.4, -0.2) is 26.2 Å². The van der Waals surface area contributed by atoms with Gasteiger partial charge in [0.25, 0.3) is 0 Å². The van der Waals surface area contributed by atoms with E-state index in [9.17, 15) is 4.79 Å². The van der Waals surface area contributed by atoms with Crippen LogP contribution in [0.15, 0.2) is 24.3 Å². The molecule has 0 fully saturated rings. The number of hydrogen-bond donors (Lipinski definition) is 1. The number of rotatable bonds is 8. The third-order valence-electron chi connectivity index (χ3n) is 2.99. The number of esters is 1. The zero-order valence-electron chi connectivity index (χ0n) is 12.9. The fourth-order valence-corrected chi connectivity index (χ4v) is 1.75. The van der Waals surface area contributed by atoms with E-state index in [2.05, 4.69) is 18.3 Å². The molecule has 0 amide bonds. The first-order chi connectivity index (χ1) is 9.49. The maximum Gasteiger partial charge on any atom is 0.314 e. The minimum atomic E-state index is -0.648. The average Bonchev–Trinajstić information content (AvgIpc) is 2.45. The summed E-state index contributed by atoms with van der Waals surface area (Å²) in [5.41, 5.74) is 0.525. The van der Waals surface area contributed by atoms with E-state index >= 15 is 0 Å². The Morgan fingerprint density at radius 3 is 2.75 bits per heavy atom. The van der Waals surface area contributed by atoms with Gasteiger partial charge < -0.3 is 14.8 Å². The van der Waals surface area contributed by atoms with Gasteiger partial charge in [0.05, 0.1) is 12.5 Å². The number of nitrogens with one attached hydrogen (secondary N) is 1. The Morgan fingerprint density at radius 1 is 1.35 bits per heavy atom. The van der Waals surface area contributed by atoms with Crippen molar-refractivity contribution in [1.29, 1.82) is 0 Å². The largest absolute Gasteiger partial charge is 0.492 e. The Kier molecular flexibility index (Phi) is 6.52. The lowest BCUT2D eigenvalue weighted by Crippen LogP contribution is -2.32. The third kappa shape index (κ3) is 5.21. The molecule has 0 aliphatic carbocycles. The molecule has 0 saturated heterocycles. The number of methoxy groups -OCH3 is 1. The van der Waals surface area contributed by atoms with Crippen LogP contribution in [0.25, 0.3) is 0 Å². The number of carbonyl (C=O) groups is 1. The van der Waals surface area contributed by atoms with Gasteiger partial charge in [0.1, 0.15) is 12.4 Å². The van der Waals surface area contributed by atoms with Crippen LogP contribution in [0.4, 0.5) is 0 Å². The molecule has 0 unspecified atom stereocenters. The third-order valence-corrected chi connectivity index (χ3v) is 2.99. The minimum Gasteiger partial charge on any atom is -0.492 e. The van der Waals surface area contributed by atoms with Crippen molar-refractivity contribution in [3.8, 4) is 5.75 Å². The summed E-state index contributed by atoms with van der Waals surface area (Å²) in [6.45, 7) is 7.88. The van der Waals surface area contributed by atoms with Crippen molar-refractivity contribution < 1.29 is 14.3 Å². The summed E-state index contributed by atoms with van der Waals surface area (Å²) in [6, 6.07) is 7.91. The lowest BCUT2D eigenvalue weighted by Gasteiger charge is -2.21. The lowest BCUT2D eigenvalue weighted by atomic mass is 9.95. The Morgan fingerprint density at radius 2 is 2.10 bits per heavy atom. The Labute approximate surface area is 121 Å². The quantitative estimate of drug-likeness (QED) is 0.587. The Bertz CT molecular complexity index is 429. The van der Waals surface area contributed by atoms with E-state index in [0.29, 0.717) is 6.61 Å². The van der Waals surface area contributed by atoms with Crippen molar-refractivity contribution in [3.05, 3.63) is 29.8 Å². The fourth-order valence-electron chi connectivity index (χ4n) is 1.75. The zero-order chi connectivity index (χ0) is 15.0. The SMILES string of the molecule is CCCNCc1cccc(OCC(C)(C)C(=O)OC)c1. The molecule has 112 valence electrons. The van der Waals surface area contributed by atoms with E-state index in [1.807, 2.05) is 32.0 Å². The van der Waals surface area contributed by atoms with E-state index < -0.39 is 5.41 Å². The lowest BCUT2D eigenvalue weighted by molar-refractivity contribution is -0.152. The van der Waals surface area contributed by atoms with Gasteiger partial charge >= 0.3 is 5.97 Å². The summed E-state index contributed by atoms with van der Waals surface area (Å²) >= 11 is 0. The molecule has 0 heterocycles. The van der Waals surface area contributed by atoms with Crippen LogP contribution in [0.2, 0.25) is 0 Å². The fraction of sp³-hybridized carbons (Fsp3) is 0.562. The molecule has 1 aromatic rings. The van der Waals surface area contributed by atoms with Crippen LogP contribution < -0.4 is 10.1 Å². The molecule has 4 nitrogen and oxygen atoms in total. The highest BCUT2D eigenvalue weighted by molar-refractivity contribution is 5.75. The van der Waals surface area contributed by atoms with Crippen molar-refractivity contribution >= 4 is 5.97 Å². The Balaban J connectivity index is 2.56. The molecule has 4 heteroatoms. The summed E-state index contributed by atoms with van der Waals surface area (Å²) in [6.07, 6.45) is 1.11. The van der Waals surface area contributed by atoms with Gasteiger partial charge in [-0.25, -0.2) is 0 Å². The number of hydrogen-bond acceptors (Lipinski definition) is 4. The van der Waals surface area contributed by atoms with Gasteiger partial charge in [-0.15, -0.1) is 0 Å². The maximum atomic E-state index is 11.6. The molecule has 0 aromatic heterocycles. The molecule has 0 radical (unpaired) electrons. The van der Waals surface area contributed by atoms with Gasteiger partial charge in [0.15, 0.2) is 0 Å². The second kappa shape index (κ2) is 7.90. The second-order valence-corrected chi connectivity index (χ2v) is 5.49. The van der Waals surface area contributed by atoms with Crippen LogP contribution in [0.1, 0.15) is 32.8 Å². The molecule has 20 heavy (non-hydrogen) atoms. The first kappa shape index (κ1) is 16.5. The van der Waals surface area contributed by atoms with E-state index in [1.54, 1.807) is 0 Å². The molecule has 0 aliphatic rings. The molecule has 0 atom stereocenters. The van der Waals surface area contributed by atoms with Crippen LogP contribution in [0.5, 0.6) is 5.75 Å². The normalized spacial score (nSPS) is 11.2. The zero-order valence-corrected chi connectivity index (χ0v) is 12.9. The monoisotopic (exact) mass is 279 g/mol. The molecule has 1 N–H and O–H groups in total. The van der Waals surface area contributed by atoms with Crippen molar-refractivity contribution in [3.63, 3.8) is 0 Å². The molecule has 1 aromatic carbocycles. The Hall–Kier alpha value is -1.55. The molecule has 0 aliphatic heterocycles. The highest BCUT2D eigenvalue weighted by atomic mass is 16.5. The number of benzene rings is 1. The number of ether oxygens (including phenoxy) is 2. The van der Waals surface area contributed by atoms with Gasteiger partial charge in [0.2, 0.25) is 0 Å². The van der Waals surface area contributed by atoms with Crippen molar-refractivity contribution in [2.75, 3.05) is 20.3 Å². The smallest absolute Gasteiger partial charge is 0.314 e. The van der Waals surface area contributed by atoms with E-state index in [-0.39, 0.29) is 5.97 Å².